The van der Waals surface area contributed by atoms with E-state index in [0.29, 0.717) is 25.1 Å². The molecule has 2 atom stereocenters. The summed E-state index contributed by atoms with van der Waals surface area (Å²) in [4.78, 5) is 15.7. The maximum Gasteiger partial charge on any atom is 0.309 e. The van der Waals surface area contributed by atoms with E-state index in [0.717, 1.165) is 5.56 Å². The third-order valence-corrected chi connectivity index (χ3v) is 2.84. The fraction of sp³-hybridized carbons (Fsp3) is 0.500. The van der Waals surface area contributed by atoms with Gasteiger partial charge < -0.3 is 9.84 Å². The maximum absolute atomic E-state index is 11.6. The van der Waals surface area contributed by atoms with Gasteiger partial charge in [0.15, 0.2) is 0 Å². The molecule has 1 aliphatic carbocycles. The summed E-state index contributed by atoms with van der Waals surface area (Å²) in [6, 6.07) is 3.72. The standard InChI is InChI=1S/C12H15NO3/c1-2-16-12(15)9-6-8-4-3-5-13-11(8)10(14)7-9/h3-5,9-10,14H,2,6-7H2,1H3/t9-,10+/m1/s1. The molecule has 1 aromatic rings. The zero-order valence-corrected chi connectivity index (χ0v) is 9.22. The van der Waals surface area contributed by atoms with E-state index < -0.39 is 6.10 Å². The van der Waals surface area contributed by atoms with Gasteiger partial charge in [0.1, 0.15) is 0 Å². The number of aromatic nitrogens is 1. The van der Waals surface area contributed by atoms with Crippen LogP contribution >= 0.6 is 0 Å². The maximum atomic E-state index is 11.6. The topological polar surface area (TPSA) is 59.4 Å². The van der Waals surface area contributed by atoms with Gasteiger partial charge in [-0.25, -0.2) is 0 Å². The lowest BCUT2D eigenvalue weighted by Gasteiger charge is -2.26. The molecule has 0 aliphatic heterocycles. The van der Waals surface area contributed by atoms with Gasteiger partial charge in [-0.2, -0.15) is 0 Å². The lowest BCUT2D eigenvalue weighted by atomic mass is 9.85. The highest BCUT2D eigenvalue weighted by Crippen LogP contribution is 2.32. The van der Waals surface area contributed by atoms with Gasteiger partial charge in [-0.3, -0.25) is 9.78 Å². The van der Waals surface area contributed by atoms with E-state index in [1.54, 1.807) is 13.1 Å². The molecule has 1 aromatic heterocycles. The Kier molecular flexibility index (Phi) is 3.19. The molecule has 2 rings (SSSR count). The molecule has 0 radical (unpaired) electrons. The number of aliphatic hydroxyl groups is 1. The normalized spacial score (nSPS) is 23.6. The first kappa shape index (κ1) is 11.1. The van der Waals surface area contributed by atoms with E-state index in [1.165, 1.54) is 0 Å². The highest BCUT2D eigenvalue weighted by atomic mass is 16.5. The summed E-state index contributed by atoms with van der Waals surface area (Å²) < 4.78 is 4.97. The molecule has 4 heteroatoms. The summed E-state index contributed by atoms with van der Waals surface area (Å²) in [5.41, 5.74) is 1.64. The second kappa shape index (κ2) is 4.61. The Labute approximate surface area is 94.3 Å². The van der Waals surface area contributed by atoms with Crippen LogP contribution in [-0.2, 0) is 16.0 Å². The van der Waals surface area contributed by atoms with Gasteiger partial charge in [0.2, 0.25) is 0 Å². The van der Waals surface area contributed by atoms with Crippen molar-refractivity contribution in [2.75, 3.05) is 6.61 Å². The van der Waals surface area contributed by atoms with Crippen LogP contribution in [0.3, 0.4) is 0 Å². The Bertz CT molecular complexity index is 392. The Morgan fingerprint density at radius 3 is 3.25 bits per heavy atom. The van der Waals surface area contributed by atoms with Crippen LogP contribution in [0.2, 0.25) is 0 Å². The number of ether oxygens (including phenoxy) is 1. The lowest BCUT2D eigenvalue weighted by molar-refractivity contribution is -0.149. The molecule has 0 spiro atoms. The van der Waals surface area contributed by atoms with Crippen LogP contribution in [-0.4, -0.2) is 22.7 Å². The lowest BCUT2D eigenvalue weighted by Crippen LogP contribution is -2.27. The molecular formula is C12H15NO3. The third kappa shape index (κ3) is 2.07. The van der Waals surface area contributed by atoms with Crippen molar-refractivity contribution in [1.82, 2.24) is 4.98 Å². The molecule has 86 valence electrons. The van der Waals surface area contributed by atoms with Gasteiger partial charge in [0.05, 0.1) is 24.3 Å². The van der Waals surface area contributed by atoms with E-state index in [1.807, 2.05) is 12.1 Å². The first-order chi connectivity index (χ1) is 7.72. The molecule has 1 heterocycles. The number of aliphatic hydroxyl groups excluding tert-OH is 1. The van der Waals surface area contributed by atoms with E-state index in [2.05, 4.69) is 4.98 Å². The average molecular weight is 221 g/mol. The number of carbonyl (C=O) groups excluding carboxylic acids is 1. The van der Waals surface area contributed by atoms with Crippen LogP contribution < -0.4 is 0 Å². The van der Waals surface area contributed by atoms with Crippen LogP contribution in [0.5, 0.6) is 0 Å². The molecule has 0 aromatic carbocycles. The molecule has 0 fully saturated rings. The number of pyridine rings is 1. The van der Waals surface area contributed by atoms with Crippen molar-refractivity contribution in [2.45, 2.75) is 25.9 Å². The summed E-state index contributed by atoms with van der Waals surface area (Å²) in [5, 5.41) is 9.88. The Morgan fingerprint density at radius 2 is 2.50 bits per heavy atom. The van der Waals surface area contributed by atoms with Gasteiger partial charge >= 0.3 is 5.97 Å². The van der Waals surface area contributed by atoms with Crippen LogP contribution in [0, 0.1) is 5.92 Å². The van der Waals surface area contributed by atoms with E-state index in [4.69, 9.17) is 4.74 Å². The molecule has 0 amide bonds. The monoisotopic (exact) mass is 221 g/mol. The van der Waals surface area contributed by atoms with E-state index in [9.17, 15) is 9.90 Å². The SMILES string of the molecule is CCOC(=O)[C@@H]1Cc2cccnc2[C@@H](O)C1. The first-order valence-corrected chi connectivity index (χ1v) is 5.51. The number of rotatable bonds is 2. The molecule has 0 unspecified atom stereocenters. The van der Waals surface area contributed by atoms with Crippen molar-refractivity contribution in [3.63, 3.8) is 0 Å². The van der Waals surface area contributed by atoms with Crippen molar-refractivity contribution in [1.29, 1.82) is 0 Å². The first-order valence-electron chi connectivity index (χ1n) is 5.51. The second-order valence-electron chi connectivity index (χ2n) is 3.95. The van der Waals surface area contributed by atoms with Crippen LogP contribution in [0.15, 0.2) is 18.3 Å². The number of hydrogen-bond donors (Lipinski definition) is 1. The summed E-state index contributed by atoms with van der Waals surface area (Å²) in [7, 11) is 0. The molecule has 1 N–H and O–H groups in total. The smallest absolute Gasteiger partial charge is 0.309 e. The molecule has 1 aliphatic rings. The summed E-state index contributed by atoms with van der Waals surface area (Å²) >= 11 is 0. The molecule has 4 nitrogen and oxygen atoms in total. The summed E-state index contributed by atoms with van der Waals surface area (Å²) in [6.45, 7) is 2.16. The van der Waals surface area contributed by atoms with Gasteiger partial charge in [0, 0.05) is 6.20 Å². The highest BCUT2D eigenvalue weighted by Gasteiger charge is 2.31. The minimum Gasteiger partial charge on any atom is -0.466 e. The predicted molar refractivity (Wildman–Crippen MR) is 57.6 cm³/mol. The number of esters is 1. The van der Waals surface area contributed by atoms with Crippen molar-refractivity contribution >= 4 is 5.97 Å². The average Bonchev–Trinajstić information content (AvgIpc) is 2.29. The molecule has 0 bridgehead atoms. The fourth-order valence-corrected chi connectivity index (χ4v) is 2.09. The Balaban J connectivity index is 2.18. The Morgan fingerprint density at radius 1 is 1.69 bits per heavy atom. The van der Waals surface area contributed by atoms with Gasteiger partial charge in [-0.05, 0) is 31.4 Å². The van der Waals surface area contributed by atoms with Gasteiger partial charge in [-0.15, -0.1) is 0 Å². The van der Waals surface area contributed by atoms with Crippen LogP contribution in [0.1, 0.15) is 30.7 Å². The quantitative estimate of drug-likeness (QED) is 0.763. The molecule has 16 heavy (non-hydrogen) atoms. The second-order valence-corrected chi connectivity index (χ2v) is 3.95. The zero-order valence-electron chi connectivity index (χ0n) is 9.22. The van der Waals surface area contributed by atoms with E-state index in [-0.39, 0.29) is 11.9 Å². The Hall–Kier alpha value is -1.42. The van der Waals surface area contributed by atoms with Gasteiger partial charge in [-0.1, -0.05) is 6.07 Å². The highest BCUT2D eigenvalue weighted by molar-refractivity contribution is 5.73. The molecule has 0 saturated heterocycles. The van der Waals surface area contributed by atoms with Crippen molar-refractivity contribution in [3.05, 3.63) is 29.6 Å². The van der Waals surface area contributed by atoms with Crippen molar-refractivity contribution in [2.24, 2.45) is 5.92 Å². The van der Waals surface area contributed by atoms with Crippen molar-refractivity contribution < 1.29 is 14.6 Å². The fourth-order valence-electron chi connectivity index (χ4n) is 2.09. The molecular weight excluding hydrogens is 206 g/mol. The minimum absolute atomic E-state index is 0.226. The predicted octanol–water partition coefficient (Wildman–Crippen LogP) is 1.24. The minimum atomic E-state index is -0.653. The number of hydrogen-bond acceptors (Lipinski definition) is 4. The van der Waals surface area contributed by atoms with Crippen molar-refractivity contribution in [3.8, 4) is 0 Å². The zero-order chi connectivity index (χ0) is 11.5. The summed E-state index contributed by atoms with van der Waals surface area (Å²) in [5.74, 6) is -0.470. The van der Waals surface area contributed by atoms with Crippen LogP contribution in [0.4, 0.5) is 0 Å². The number of carbonyl (C=O) groups is 1. The van der Waals surface area contributed by atoms with Gasteiger partial charge in [0.25, 0.3) is 0 Å². The third-order valence-electron chi connectivity index (χ3n) is 2.84. The molecule has 0 saturated carbocycles. The number of nitrogens with zero attached hydrogens (tertiary/aromatic N) is 1. The van der Waals surface area contributed by atoms with Crippen LogP contribution in [0.25, 0.3) is 0 Å². The largest absolute Gasteiger partial charge is 0.466 e. The summed E-state index contributed by atoms with van der Waals surface area (Å²) in [6.07, 6.45) is 2.02. The van der Waals surface area contributed by atoms with E-state index >= 15 is 0 Å². The number of fused-ring (bicyclic) bond motifs is 1.